The van der Waals surface area contributed by atoms with Gasteiger partial charge < -0.3 is 25.3 Å². The Labute approximate surface area is 167 Å². The maximum Gasteiger partial charge on any atom is 0.242 e. The van der Waals surface area contributed by atoms with Crippen molar-refractivity contribution in [3.05, 3.63) is 35.7 Å². The second-order valence-corrected chi connectivity index (χ2v) is 6.19. The van der Waals surface area contributed by atoms with E-state index < -0.39 is 0 Å². The monoisotopic (exact) mass is 476 g/mol. The Bertz CT molecular complexity index is 668. The number of amides is 1. The van der Waals surface area contributed by atoms with Crippen molar-refractivity contribution in [3.8, 4) is 0 Å². The van der Waals surface area contributed by atoms with Crippen LogP contribution in [0.2, 0.25) is 0 Å². The first kappa shape index (κ1) is 19.5. The lowest BCUT2D eigenvalue weighted by atomic mass is 10.3. The van der Waals surface area contributed by atoms with Gasteiger partial charge in [0.2, 0.25) is 5.91 Å². The van der Waals surface area contributed by atoms with E-state index in [4.69, 9.17) is 10.2 Å². The van der Waals surface area contributed by atoms with Crippen LogP contribution in [-0.4, -0.2) is 54.5 Å². The third-order valence-corrected chi connectivity index (χ3v) is 4.55. The number of anilines is 1. The van der Waals surface area contributed by atoms with Crippen molar-refractivity contribution < 1.29 is 9.21 Å². The molecule has 1 aliphatic heterocycles. The molecule has 0 saturated carbocycles. The van der Waals surface area contributed by atoms with Crippen molar-refractivity contribution in [1.29, 1.82) is 0 Å². The molecule has 0 aromatic carbocycles. The molecule has 1 aliphatic rings. The van der Waals surface area contributed by atoms with Crippen molar-refractivity contribution in [2.45, 2.75) is 6.54 Å². The van der Waals surface area contributed by atoms with Gasteiger partial charge in [0.1, 0.15) is 12.3 Å². The van der Waals surface area contributed by atoms with Gasteiger partial charge in [-0.1, -0.05) is 0 Å². The number of nitrogens with one attached hydrogen (secondary N) is 1. The van der Waals surface area contributed by atoms with Crippen LogP contribution in [0.4, 0.5) is 5.13 Å². The maximum atomic E-state index is 11.8. The Balaban J connectivity index is 0.00000225. The van der Waals surface area contributed by atoms with Crippen molar-refractivity contribution in [2.75, 3.05) is 37.6 Å². The fourth-order valence-electron chi connectivity index (χ4n) is 2.41. The number of furan rings is 1. The van der Waals surface area contributed by atoms with Crippen LogP contribution >= 0.6 is 35.3 Å². The number of carbonyl (C=O) groups excluding carboxylic acids is 1. The van der Waals surface area contributed by atoms with Gasteiger partial charge in [-0.3, -0.25) is 4.79 Å². The molecule has 0 radical (unpaired) electrons. The fourth-order valence-corrected chi connectivity index (χ4v) is 3.10. The largest absolute Gasteiger partial charge is 0.467 e. The molecule has 2 aromatic rings. The predicted molar refractivity (Wildman–Crippen MR) is 108 cm³/mol. The van der Waals surface area contributed by atoms with Gasteiger partial charge in [-0.15, -0.1) is 35.3 Å². The highest BCUT2D eigenvalue weighted by molar-refractivity contribution is 14.0. The number of rotatable bonds is 5. The Morgan fingerprint density at radius 1 is 1.40 bits per heavy atom. The number of carbonyl (C=O) groups is 1. The Hall–Kier alpha value is -1.82. The molecule has 2 aromatic heterocycles. The average molecular weight is 476 g/mol. The second kappa shape index (κ2) is 9.61. The van der Waals surface area contributed by atoms with E-state index in [0.717, 1.165) is 31.3 Å². The third kappa shape index (κ3) is 5.59. The van der Waals surface area contributed by atoms with E-state index in [1.54, 1.807) is 29.7 Å². The molecule has 0 spiro atoms. The summed E-state index contributed by atoms with van der Waals surface area (Å²) >= 11 is 1.63. The highest BCUT2D eigenvalue weighted by atomic mass is 127. The van der Waals surface area contributed by atoms with Crippen LogP contribution in [0.1, 0.15) is 5.76 Å². The van der Waals surface area contributed by atoms with Crippen LogP contribution in [0.25, 0.3) is 0 Å². The molecule has 1 amide bonds. The number of guanidine groups is 1. The summed E-state index contributed by atoms with van der Waals surface area (Å²) in [5, 5.41) is 5.74. The quantitative estimate of drug-likeness (QED) is 0.381. The van der Waals surface area contributed by atoms with Crippen LogP contribution in [0.5, 0.6) is 0 Å². The summed E-state index contributed by atoms with van der Waals surface area (Å²) in [4.78, 5) is 24.5. The molecule has 8 nitrogen and oxygen atoms in total. The number of hydrogen-bond acceptors (Lipinski definition) is 6. The molecule has 1 saturated heterocycles. The Morgan fingerprint density at radius 3 is 2.84 bits per heavy atom. The minimum atomic E-state index is -0.184. The van der Waals surface area contributed by atoms with Crippen molar-refractivity contribution >= 4 is 52.3 Å². The van der Waals surface area contributed by atoms with Crippen LogP contribution in [0.3, 0.4) is 0 Å². The average Bonchev–Trinajstić information content (AvgIpc) is 3.31. The summed E-state index contributed by atoms with van der Waals surface area (Å²) in [6.07, 6.45) is 3.38. The van der Waals surface area contributed by atoms with Crippen molar-refractivity contribution in [2.24, 2.45) is 10.7 Å². The van der Waals surface area contributed by atoms with E-state index in [1.807, 2.05) is 16.5 Å². The molecule has 1 fully saturated rings. The van der Waals surface area contributed by atoms with Crippen LogP contribution in [0, 0.1) is 0 Å². The summed E-state index contributed by atoms with van der Waals surface area (Å²) in [6, 6.07) is 3.59. The summed E-state index contributed by atoms with van der Waals surface area (Å²) in [5.74, 6) is 0.927. The molecule has 0 unspecified atom stereocenters. The van der Waals surface area contributed by atoms with E-state index >= 15 is 0 Å². The number of piperazine rings is 1. The van der Waals surface area contributed by atoms with Gasteiger partial charge in [-0.2, -0.15) is 0 Å². The van der Waals surface area contributed by atoms with E-state index in [1.165, 1.54) is 0 Å². The zero-order chi connectivity index (χ0) is 16.8. The molecule has 10 heteroatoms. The Kier molecular flexibility index (Phi) is 7.50. The smallest absolute Gasteiger partial charge is 0.242 e. The molecule has 25 heavy (non-hydrogen) atoms. The van der Waals surface area contributed by atoms with Gasteiger partial charge in [0.05, 0.1) is 12.8 Å². The number of nitrogens with zero attached hydrogens (tertiary/aromatic N) is 4. The topological polar surface area (TPSA) is 100.0 Å². The lowest BCUT2D eigenvalue weighted by Gasteiger charge is -2.35. The van der Waals surface area contributed by atoms with E-state index in [-0.39, 0.29) is 36.4 Å². The first-order valence-corrected chi connectivity index (χ1v) is 8.59. The standard InChI is InChI=1S/C15H20N6O2S.HI/c16-14(19-11-13(22)18-10-12-2-1-8-23-12)20-4-6-21(7-5-20)15-17-3-9-24-15;/h1-3,8-9H,4-7,10-11H2,(H2,16,19)(H,18,22);1H. The van der Waals surface area contributed by atoms with Gasteiger partial charge >= 0.3 is 0 Å². The molecule has 136 valence electrons. The van der Waals surface area contributed by atoms with Crippen molar-refractivity contribution in [3.63, 3.8) is 0 Å². The minimum Gasteiger partial charge on any atom is -0.467 e. The zero-order valence-electron chi connectivity index (χ0n) is 13.6. The number of aliphatic imine (C=N–C) groups is 1. The molecular weight excluding hydrogens is 455 g/mol. The SMILES string of the molecule is I.NC(=NCC(=O)NCc1ccco1)N1CCN(c2nccs2)CC1. The zero-order valence-corrected chi connectivity index (χ0v) is 16.8. The highest BCUT2D eigenvalue weighted by Crippen LogP contribution is 2.18. The highest BCUT2D eigenvalue weighted by Gasteiger charge is 2.19. The number of nitrogens with two attached hydrogens (primary N) is 1. The Morgan fingerprint density at radius 2 is 2.20 bits per heavy atom. The number of halogens is 1. The van der Waals surface area contributed by atoms with Gasteiger partial charge in [0, 0.05) is 37.8 Å². The summed E-state index contributed by atoms with van der Waals surface area (Å²) in [6.45, 7) is 3.59. The summed E-state index contributed by atoms with van der Waals surface area (Å²) < 4.78 is 5.15. The number of hydrogen-bond donors (Lipinski definition) is 2. The van der Waals surface area contributed by atoms with Crippen LogP contribution in [0.15, 0.2) is 39.4 Å². The molecule has 3 heterocycles. The van der Waals surface area contributed by atoms with Crippen LogP contribution < -0.4 is 16.0 Å². The normalized spacial score (nSPS) is 15.0. The fraction of sp³-hybridized carbons (Fsp3) is 0.400. The third-order valence-electron chi connectivity index (χ3n) is 3.72. The first-order chi connectivity index (χ1) is 11.7. The van der Waals surface area contributed by atoms with Gasteiger partial charge in [-0.25, -0.2) is 9.98 Å². The van der Waals surface area contributed by atoms with E-state index in [2.05, 4.69) is 20.2 Å². The summed E-state index contributed by atoms with van der Waals surface area (Å²) in [7, 11) is 0. The van der Waals surface area contributed by atoms with Gasteiger partial charge in [0.15, 0.2) is 11.1 Å². The minimum absolute atomic E-state index is 0. The summed E-state index contributed by atoms with van der Waals surface area (Å²) in [5.41, 5.74) is 6.00. The van der Waals surface area contributed by atoms with Crippen molar-refractivity contribution in [1.82, 2.24) is 15.2 Å². The van der Waals surface area contributed by atoms with E-state index in [0.29, 0.717) is 18.3 Å². The molecule has 0 bridgehead atoms. The second-order valence-electron chi connectivity index (χ2n) is 5.32. The number of aromatic nitrogens is 1. The maximum absolute atomic E-state index is 11.8. The predicted octanol–water partition coefficient (Wildman–Crippen LogP) is 1.11. The number of thiazole rings is 1. The van der Waals surface area contributed by atoms with Gasteiger partial charge in [-0.05, 0) is 12.1 Å². The molecule has 3 rings (SSSR count). The lowest BCUT2D eigenvalue weighted by molar-refractivity contribution is -0.119. The molecule has 0 atom stereocenters. The van der Waals surface area contributed by atoms with Gasteiger partial charge in [0.25, 0.3) is 0 Å². The van der Waals surface area contributed by atoms with E-state index in [9.17, 15) is 4.79 Å². The molecule has 0 aliphatic carbocycles. The lowest BCUT2D eigenvalue weighted by Crippen LogP contribution is -2.51. The van der Waals surface area contributed by atoms with Crippen LogP contribution in [-0.2, 0) is 11.3 Å². The first-order valence-electron chi connectivity index (χ1n) is 7.71. The molecule has 3 N–H and O–H groups in total. The molecular formula is C15H21IN6O2S.